The molecule has 0 aliphatic heterocycles. The normalized spacial score (nSPS) is 10.7. The topological polar surface area (TPSA) is 41.8 Å². The first-order valence-electron chi connectivity index (χ1n) is 4.90. The highest BCUT2D eigenvalue weighted by molar-refractivity contribution is 9.10. The van der Waals surface area contributed by atoms with Crippen LogP contribution in [0.3, 0.4) is 0 Å². The summed E-state index contributed by atoms with van der Waals surface area (Å²) in [5.74, 6) is 0.510. The van der Waals surface area contributed by atoms with Gasteiger partial charge >= 0.3 is 0 Å². The predicted molar refractivity (Wildman–Crippen MR) is 70.0 cm³/mol. The standard InChI is InChI=1S/C12H14BrNO2/c1-3-14-12-5-4-10(13)8-11(12)9(2)16-7-6-15/h3-5,8,15H,2,6-7H2,1H3. The number of hydrogen-bond acceptors (Lipinski definition) is 3. The summed E-state index contributed by atoms with van der Waals surface area (Å²) in [6, 6.07) is 5.68. The highest BCUT2D eigenvalue weighted by atomic mass is 79.9. The molecule has 0 bridgehead atoms. The van der Waals surface area contributed by atoms with E-state index in [4.69, 9.17) is 9.84 Å². The molecule has 0 atom stereocenters. The van der Waals surface area contributed by atoms with Crippen LogP contribution in [0.5, 0.6) is 0 Å². The molecule has 0 aromatic heterocycles. The van der Waals surface area contributed by atoms with E-state index in [0.717, 1.165) is 15.7 Å². The number of hydrogen-bond donors (Lipinski definition) is 1. The molecule has 0 aliphatic carbocycles. The van der Waals surface area contributed by atoms with Crippen LogP contribution in [-0.2, 0) is 4.74 Å². The number of ether oxygens (including phenoxy) is 1. The zero-order valence-electron chi connectivity index (χ0n) is 9.11. The Balaban J connectivity index is 2.99. The van der Waals surface area contributed by atoms with Crippen molar-refractivity contribution in [2.24, 2.45) is 4.99 Å². The predicted octanol–water partition coefficient (Wildman–Crippen LogP) is 3.15. The van der Waals surface area contributed by atoms with Gasteiger partial charge in [0.15, 0.2) is 0 Å². The summed E-state index contributed by atoms with van der Waals surface area (Å²) in [6.45, 7) is 5.88. The Morgan fingerprint density at radius 1 is 1.62 bits per heavy atom. The molecule has 0 saturated heterocycles. The number of aliphatic hydroxyl groups is 1. The lowest BCUT2D eigenvalue weighted by Gasteiger charge is -2.10. The number of rotatable bonds is 5. The van der Waals surface area contributed by atoms with Crippen LogP contribution in [0.15, 0.2) is 34.2 Å². The molecule has 0 amide bonds. The molecule has 1 rings (SSSR count). The van der Waals surface area contributed by atoms with Crippen molar-refractivity contribution in [2.45, 2.75) is 6.92 Å². The molecule has 16 heavy (non-hydrogen) atoms. The van der Waals surface area contributed by atoms with Crippen LogP contribution in [0.2, 0.25) is 0 Å². The van der Waals surface area contributed by atoms with Gasteiger partial charge in [-0.25, -0.2) is 0 Å². The van der Waals surface area contributed by atoms with Gasteiger partial charge in [-0.2, -0.15) is 0 Å². The zero-order chi connectivity index (χ0) is 12.0. The van der Waals surface area contributed by atoms with Gasteiger partial charge < -0.3 is 9.84 Å². The molecule has 4 heteroatoms. The second-order valence-electron chi connectivity index (χ2n) is 3.04. The number of aliphatic imine (C=N–C) groups is 1. The van der Waals surface area contributed by atoms with Gasteiger partial charge in [-0.1, -0.05) is 22.5 Å². The molecule has 0 radical (unpaired) electrons. The first kappa shape index (κ1) is 12.9. The minimum absolute atomic E-state index is 0.0284. The Hall–Kier alpha value is -1.13. The van der Waals surface area contributed by atoms with Gasteiger partial charge in [0, 0.05) is 16.3 Å². The zero-order valence-corrected chi connectivity index (χ0v) is 10.7. The van der Waals surface area contributed by atoms with Crippen LogP contribution in [-0.4, -0.2) is 24.5 Å². The summed E-state index contributed by atoms with van der Waals surface area (Å²) in [5, 5.41) is 8.68. The molecule has 1 N–H and O–H groups in total. The summed E-state index contributed by atoms with van der Waals surface area (Å²) >= 11 is 3.39. The Morgan fingerprint density at radius 3 is 3.00 bits per heavy atom. The van der Waals surface area contributed by atoms with E-state index in [-0.39, 0.29) is 13.2 Å². The highest BCUT2D eigenvalue weighted by Crippen LogP contribution is 2.29. The molecule has 0 saturated carbocycles. The molecule has 3 nitrogen and oxygen atoms in total. The monoisotopic (exact) mass is 283 g/mol. The average Bonchev–Trinajstić information content (AvgIpc) is 2.28. The maximum atomic E-state index is 8.68. The van der Waals surface area contributed by atoms with Crippen molar-refractivity contribution in [1.82, 2.24) is 0 Å². The molecule has 86 valence electrons. The van der Waals surface area contributed by atoms with Crippen molar-refractivity contribution in [1.29, 1.82) is 0 Å². The summed E-state index contributed by atoms with van der Waals surface area (Å²) < 4.78 is 6.22. The van der Waals surface area contributed by atoms with Gasteiger partial charge in [-0.15, -0.1) is 0 Å². The fraction of sp³-hybridized carbons (Fsp3) is 0.250. The maximum Gasteiger partial charge on any atom is 0.121 e. The van der Waals surface area contributed by atoms with Gasteiger partial charge in [0.05, 0.1) is 12.3 Å². The van der Waals surface area contributed by atoms with Crippen molar-refractivity contribution in [3.63, 3.8) is 0 Å². The van der Waals surface area contributed by atoms with Gasteiger partial charge in [0.1, 0.15) is 12.4 Å². The first-order valence-corrected chi connectivity index (χ1v) is 5.69. The number of nitrogens with zero attached hydrogens (tertiary/aromatic N) is 1. The van der Waals surface area contributed by atoms with E-state index < -0.39 is 0 Å². The van der Waals surface area contributed by atoms with Gasteiger partial charge in [0.25, 0.3) is 0 Å². The average molecular weight is 284 g/mol. The lowest BCUT2D eigenvalue weighted by atomic mass is 10.1. The third kappa shape index (κ3) is 3.47. The van der Waals surface area contributed by atoms with Crippen LogP contribution in [0, 0.1) is 0 Å². The summed E-state index contributed by atoms with van der Waals surface area (Å²) in [4.78, 5) is 4.23. The van der Waals surface area contributed by atoms with E-state index in [0.29, 0.717) is 5.76 Å². The van der Waals surface area contributed by atoms with E-state index in [1.54, 1.807) is 6.21 Å². The van der Waals surface area contributed by atoms with Gasteiger partial charge in [-0.05, 0) is 25.1 Å². The van der Waals surface area contributed by atoms with Crippen molar-refractivity contribution >= 4 is 33.6 Å². The van der Waals surface area contributed by atoms with Crippen molar-refractivity contribution in [3.8, 4) is 0 Å². The quantitative estimate of drug-likeness (QED) is 0.666. The Labute approximate surface area is 104 Å². The van der Waals surface area contributed by atoms with Crippen LogP contribution in [0.4, 0.5) is 5.69 Å². The van der Waals surface area contributed by atoms with Gasteiger partial charge in [-0.3, -0.25) is 4.99 Å². The van der Waals surface area contributed by atoms with E-state index in [1.807, 2.05) is 25.1 Å². The molecule has 0 aliphatic rings. The summed E-state index contributed by atoms with van der Waals surface area (Å²) in [6.07, 6.45) is 1.71. The molecular weight excluding hydrogens is 270 g/mol. The lowest BCUT2D eigenvalue weighted by molar-refractivity contribution is 0.181. The van der Waals surface area contributed by atoms with Crippen molar-refractivity contribution in [3.05, 3.63) is 34.8 Å². The SMILES string of the molecule is C=C(OCCO)c1cc(Br)ccc1N=CC. The van der Waals surface area contributed by atoms with Crippen LogP contribution >= 0.6 is 15.9 Å². The molecule has 0 fully saturated rings. The van der Waals surface area contributed by atoms with E-state index in [1.165, 1.54) is 0 Å². The molecule has 0 unspecified atom stereocenters. The fourth-order valence-corrected chi connectivity index (χ4v) is 1.59. The Kier molecular flexibility index (Phi) is 5.22. The molecule has 0 spiro atoms. The van der Waals surface area contributed by atoms with E-state index in [2.05, 4.69) is 27.5 Å². The van der Waals surface area contributed by atoms with Crippen LogP contribution < -0.4 is 0 Å². The summed E-state index contributed by atoms with van der Waals surface area (Å²) in [7, 11) is 0. The third-order valence-electron chi connectivity index (χ3n) is 1.89. The fourth-order valence-electron chi connectivity index (χ4n) is 1.23. The first-order chi connectivity index (χ1) is 7.69. The lowest BCUT2D eigenvalue weighted by Crippen LogP contribution is -1.98. The number of halogens is 1. The molecule has 0 heterocycles. The maximum absolute atomic E-state index is 8.68. The number of aliphatic hydroxyl groups excluding tert-OH is 1. The minimum atomic E-state index is -0.0284. The molecular formula is C12H14BrNO2. The van der Waals surface area contributed by atoms with Crippen LogP contribution in [0.25, 0.3) is 5.76 Å². The molecule has 1 aromatic carbocycles. The van der Waals surface area contributed by atoms with Crippen molar-refractivity contribution < 1.29 is 9.84 Å². The van der Waals surface area contributed by atoms with Gasteiger partial charge in [0.2, 0.25) is 0 Å². The third-order valence-corrected chi connectivity index (χ3v) is 2.39. The van der Waals surface area contributed by atoms with Crippen molar-refractivity contribution in [2.75, 3.05) is 13.2 Å². The molecule has 1 aromatic rings. The second kappa shape index (κ2) is 6.45. The second-order valence-corrected chi connectivity index (χ2v) is 3.96. The van der Waals surface area contributed by atoms with Crippen LogP contribution in [0.1, 0.15) is 12.5 Å². The Bertz CT molecular complexity index is 402. The van der Waals surface area contributed by atoms with E-state index >= 15 is 0 Å². The Morgan fingerprint density at radius 2 is 2.38 bits per heavy atom. The smallest absolute Gasteiger partial charge is 0.121 e. The number of benzene rings is 1. The van der Waals surface area contributed by atoms with E-state index in [9.17, 15) is 0 Å². The largest absolute Gasteiger partial charge is 0.491 e. The minimum Gasteiger partial charge on any atom is -0.491 e. The summed E-state index contributed by atoms with van der Waals surface area (Å²) in [5.41, 5.74) is 1.62. The highest BCUT2D eigenvalue weighted by Gasteiger charge is 2.06.